The number of aromatic nitrogens is 2. The van der Waals surface area contributed by atoms with Crippen molar-refractivity contribution in [3.63, 3.8) is 0 Å². The van der Waals surface area contributed by atoms with E-state index in [-0.39, 0.29) is 0 Å². The third-order valence-corrected chi connectivity index (χ3v) is 4.73. The second-order valence-corrected chi connectivity index (χ2v) is 6.88. The van der Waals surface area contributed by atoms with E-state index in [9.17, 15) is 5.26 Å². The first-order chi connectivity index (χ1) is 16.0. The van der Waals surface area contributed by atoms with Crippen LogP contribution in [0, 0.1) is 18.3 Å². The van der Waals surface area contributed by atoms with Gasteiger partial charge in [-0.25, -0.2) is 9.97 Å². The summed E-state index contributed by atoms with van der Waals surface area (Å²) in [6, 6.07) is 13.4. The lowest BCUT2D eigenvalue weighted by Crippen LogP contribution is -2.09. The number of nitrogens with zero attached hydrogens (tertiary/aromatic N) is 3. The third kappa shape index (κ3) is 6.57. The molecule has 0 radical (unpaired) electrons. The summed E-state index contributed by atoms with van der Waals surface area (Å²) in [6.45, 7) is 8.37. The quantitative estimate of drug-likeness (QED) is 0.510. The van der Waals surface area contributed by atoms with Gasteiger partial charge in [-0.3, -0.25) is 0 Å². The molecule has 3 rings (SSSR count). The van der Waals surface area contributed by atoms with Gasteiger partial charge >= 0.3 is 0 Å². The number of hydrogen-bond acceptors (Lipinski definition) is 8. The molecule has 0 unspecified atom stereocenters. The van der Waals surface area contributed by atoms with Crippen LogP contribution in [0.5, 0.6) is 17.2 Å². The zero-order valence-electron chi connectivity index (χ0n) is 20.0. The molecular weight excluding hydrogens is 418 g/mol. The summed E-state index contributed by atoms with van der Waals surface area (Å²) in [4.78, 5) is 8.82. The molecule has 1 aromatic heterocycles. The monoisotopic (exact) mass is 449 g/mol. The fourth-order valence-electron chi connectivity index (χ4n) is 3.10. The van der Waals surface area contributed by atoms with Gasteiger partial charge < -0.3 is 24.8 Å². The normalized spacial score (nSPS) is 9.85. The van der Waals surface area contributed by atoms with Crippen LogP contribution in [0.15, 0.2) is 42.6 Å². The zero-order valence-corrected chi connectivity index (χ0v) is 20.0. The highest BCUT2D eigenvalue weighted by atomic mass is 16.5. The average Bonchev–Trinajstić information content (AvgIpc) is 2.84. The second-order valence-electron chi connectivity index (χ2n) is 6.88. The lowest BCUT2D eigenvalue weighted by Gasteiger charge is -2.15. The van der Waals surface area contributed by atoms with Gasteiger partial charge in [-0.1, -0.05) is 38.1 Å². The molecule has 0 bridgehead atoms. The molecule has 2 aromatic carbocycles. The smallest absolute Gasteiger partial charge is 0.227 e. The van der Waals surface area contributed by atoms with E-state index < -0.39 is 0 Å². The molecule has 0 aliphatic carbocycles. The number of methoxy groups -OCH3 is 3. The van der Waals surface area contributed by atoms with E-state index in [1.807, 2.05) is 31.2 Å². The standard InChI is InChI=1S/C21H20N4O3.C4H11N/c1-13-7-5-6-8-16(13)19-14(11-22)12-23-21(25-19)24-15-9-17(26-2)20(28-4)18(10-15)27-3;1-3-5-4-2/h5-10,12H,1-4H3,(H,23,24,25);5H,3-4H2,1-2H3. The lowest BCUT2D eigenvalue weighted by atomic mass is 10.0. The first-order valence-corrected chi connectivity index (χ1v) is 10.6. The van der Waals surface area contributed by atoms with Crippen molar-refractivity contribution in [2.24, 2.45) is 0 Å². The van der Waals surface area contributed by atoms with Crippen molar-refractivity contribution in [2.45, 2.75) is 20.8 Å². The molecule has 0 amide bonds. The first-order valence-electron chi connectivity index (χ1n) is 10.6. The van der Waals surface area contributed by atoms with Crippen molar-refractivity contribution in [3.05, 3.63) is 53.7 Å². The van der Waals surface area contributed by atoms with E-state index in [1.54, 1.807) is 33.5 Å². The molecule has 33 heavy (non-hydrogen) atoms. The minimum Gasteiger partial charge on any atom is -0.493 e. The van der Waals surface area contributed by atoms with Gasteiger partial charge in [-0.15, -0.1) is 0 Å². The predicted octanol–water partition coefficient (Wildman–Crippen LogP) is 4.71. The number of nitrogens with one attached hydrogen (secondary N) is 2. The van der Waals surface area contributed by atoms with E-state index in [0.29, 0.717) is 40.1 Å². The number of nitriles is 1. The SMILES string of the molecule is CCNCC.COc1cc(Nc2ncc(C#N)c(-c3ccccc3C)n2)cc(OC)c1OC. The van der Waals surface area contributed by atoms with E-state index in [0.717, 1.165) is 24.2 Å². The highest BCUT2D eigenvalue weighted by Crippen LogP contribution is 2.40. The van der Waals surface area contributed by atoms with Crippen LogP contribution in [0.3, 0.4) is 0 Å². The maximum absolute atomic E-state index is 9.45. The Hall–Kier alpha value is -3.83. The topological polar surface area (TPSA) is 101 Å². The molecule has 1 heterocycles. The van der Waals surface area contributed by atoms with E-state index >= 15 is 0 Å². The molecule has 8 heteroatoms. The van der Waals surface area contributed by atoms with Crippen LogP contribution in [0.2, 0.25) is 0 Å². The Labute approximate surface area is 195 Å². The Balaban J connectivity index is 0.000000696. The molecule has 0 atom stereocenters. The Bertz CT molecular complexity index is 1070. The van der Waals surface area contributed by atoms with Gasteiger partial charge in [0, 0.05) is 23.4 Å². The van der Waals surface area contributed by atoms with Gasteiger partial charge in [0.2, 0.25) is 11.7 Å². The summed E-state index contributed by atoms with van der Waals surface area (Å²) in [7, 11) is 4.65. The van der Waals surface area contributed by atoms with Crippen LogP contribution < -0.4 is 24.8 Å². The van der Waals surface area contributed by atoms with Gasteiger partial charge in [-0.2, -0.15) is 5.26 Å². The number of aryl methyl sites for hydroxylation is 1. The molecule has 174 valence electrons. The Morgan fingerprint density at radius 3 is 2.09 bits per heavy atom. The van der Waals surface area contributed by atoms with E-state index in [1.165, 1.54) is 6.20 Å². The van der Waals surface area contributed by atoms with Crippen molar-refractivity contribution in [2.75, 3.05) is 39.7 Å². The maximum Gasteiger partial charge on any atom is 0.227 e. The van der Waals surface area contributed by atoms with Gasteiger partial charge in [0.1, 0.15) is 6.07 Å². The first kappa shape index (κ1) is 25.4. The van der Waals surface area contributed by atoms with Crippen molar-refractivity contribution in [1.82, 2.24) is 15.3 Å². The Morgan fingerprint density at radius 1 is 0.970 bits per heavy atom. The second kappa shape index (κ2) is 12.9. The molecular formula is C25H31N5O3. The van der Waals surface area contributed by atoms with Crippen molar-refractivity contribution < 1.29 is 14.2 Å². The van der Waals surface area contributed by atoms with Crippen molar-refractivity contribution in [3.8, 4) is 34.6 Å². The van der Waals surface area contributed by atoms with Crippen molar-refractivity contribution >= 4 is 11.6 Å². The average molecular weight is 450 g/mol. The third-order valence-electron chi connectivity index (χ3n) is 4.73. The highest BCUT2D eigenvalue weighted by Gasteiger charge is 2.15. The fraction of sp³-hybridized carbons (Fsp3) is 0.320. The van der Waals surface area contributed by atoms with Gasteiger partial charge in [0.25, 0.3) is 0 Å². The number of hydrogen-bond donors (Lipinski definition) is 2. The fourth-order valence-corrected chi connectivity index (χ4v) is 3.10. The van der Waals surface area contributed by atoms with Crippen LogP contribution >= 0.6 is 0 Å². The molecule has 2 N–H and O–H groups in total. The highest BCUT2D eigenvalue weighted by molar-refractivity contribution is 5.71. The van der Waals surface area contributed by atoms with E-state index in [2.05, 4.69) is 40.5 Å². The molecule has 3 aromatic rings. The number of ether oxygens (including phenoxy) is 3. The minimum atomic E-state index is 0.353. The molecule has 0 saturated heterocycles. The number of rotatable bonds is 8. The number of benzene rings is 2. The van der Waals surface area contributed by atoms with Gasteiger partial charge in [0.05, 0.1) is 38.8 Å². The summed E-state index contributed by atoms with van der Waals surface area (Å²) >= 11 is 0. The van der Waals surface area contributed by atoms with Crippen LogP contribution in [0.1, 0.15) is 25.0 Å². The molecule has 0 aliphatic heterocycles. The summed E-state index contributed by atoms with van der Waals surface area (Å²) in [6.07, 6.45) is 1.51. The van der Waals surface area contributed by atoms with Crippen LogP contribution in [-0.2, 0) is 0 Å². The maximum atomic E-state index is 9.45. The summed E-state index contributed by atoms with van der Waals surface area (Å²) in [5.74, 6) is 1.87. The molecule has 0 saturated carbocycles. The summed E-state index contributed by atoms with van der Waals surface area (Å²) < 4.78 is 16.1. The molecule has 0 aliphatic rings. The van der Waals surface area contributed by atoms with Crippen LogP contribution in [0.4, 0.5) is 11.6 Å². The summed E-state index contributed by atoms with van der Waals surface area (Å²) in [5, 5.41) is 15.7. The zero-order chi connectivity index (χ0) is 24.2. The van der Waals surface area contributed by atoms with Gasteiger partial charge in [-0.05, 0) is 25.6 Å². The van der Waals surface area contributed by atoms with Crippen molar-refractivity contribution in [1.29, 1.82) is 5.26 Å². The Morgan fingerprint density at radius 2 is 1.61 bits per heavy atom. The largest absolute Gasteiger partial charge is 0.493 e. The molecule has 0 fully saturated rings. The predicted molar refractivity (Wildman–Crippen MR) is 131 cm³/mol. The number of anilines is 2. The summed E-state index contributed by atoms with van der Waals surface area (Å²) in [5.41, 5.74) is 3.55. The molecule has 0 spiro atoms. The molecule has 8 nitrogen and oxygen atoms in total. The lowest BCUT2D eigenvalue weighted by molar-refractivity contribution is 0.324. The van der Waals surface area contributed by atoms with Gasteiger partial charge in [0.15, 0.2) is 11.5 Å². The van der Waals surface area contributed by atoms with Crippen LogP contribution in [0.25, 0.3) is 11.3 Å². The van der Waals surface area contributed by atoms with E-state index in [4.69, 9.17) is 14.2 Å². The Kier molecular flexibility index (Phi) is 9.93. The minimum absolute atomic E-state index is 0.353. The van der Waals surface area contributed by atoms with Crippen LogP contribution in [-0.4, -0.2) is 44.4 Å².